The molecule has 7 aromatic rings. The number of phenolic OH excluding ortho intramolecular Hbond substituents is 3. The lowest BCUT2D eigenvalue weighted by molar-refractivity contribution is 0.469. The van der Waals surface area contributed by atoms with Crippen molar-refractivity contribution in [3.8, 4) is 50.6 Å². The molecule has 0 saturated carbocycles. The quantitative estimate of drug-likeness (QED) is 0.101. The molecule has 244 valence electrons. The lowest BCUT2D eigenvalue weighted by Crippen LogP contribution is -2.10. The molecule has 0 aromatic heterocycles. The van der Waals surface area contributed by atoms with Crippen LogP contribution in [0, 0.1) is 41.5 Å². The molecule has 0 bridgehead atoms. The van der Waals surface area contributed by atoms with Gasteiger partial charge in [0.2, 0.25) is 0 Å². The second-order valence-electron chi connectivity index (χ2n) is 14.0. The fraction of sp³-hybridized carbons (Fsp3) is 0.174. The van der Waals surface area contributed by atoms with E-state index in [-0.39, 0.29) is 22.7 Å². The van der Waals surface area contributed by atoms with Crippen LogP contribution in [0.5, 0.6) is 17.2 Å². The third-order valence-corrected chi connectivity index (χ3v) is 11.4. The van der Waals surface area contributed by atoms with E-state index in [4.69, 9.17) is 7.85 Å². The summed E-state index contributed by atoms with van der Waals surface area (Å²) in [4.78, 5) is 0. The van der Waals surface area contributed by atoms with E-state index >= 15 is 0 Å². The number of hydrogen-bond donors (Lipinski definition) is 3. The van der Waals surface area contributed by atoms with E-state index < -0.39 is 0 Å². The van der Waals surface area contributed by atoms with Crippen molar-refractivity contribution in [3.05, 3.63) is 123 Å². The standard InChI is InChI=1S/C46H39BO3/c1-23-17-20-32(48)22-37(23)41-39-27(5)25(3)24(2)26(4)38(39)40(43-42(41)45(49)28(6)44(47)46(43)50)36-16-10-14-34-33(13-9-15-35(34)36)31-19-18-29-11-7-8-12-30(29)21-31/h7,9-11,13-22,48-50H,8,12H2,1-6H3. The van der Waals surface area contributed by atoms with Crippen molar-refractivity contribution in [2.45, 2.75) is 54.4 Å². The highest BCUT2D eigenvalue weighted by Gasteiger charge is 2.29. The number of allylic oxidation sites excluding steroid dienone is 1. The fourth-order valence-corrected chi connectivity index (χ4v) is 8.34. The van der Waals surface area contributed by atoms with Crippen molar-refractivity contribution in [1.82, 2.24) is 0 Å². The molecular formula is C46H39BO3. The Bertz CT molecular complexity index is 2560. The monoisotopic (exact) mass is 650 g/mol. The Labute approximate surface area is 294 Å². The van der Waals surface area contributed by atoms with Crippen LogP contribution in [0.4, 0.5) is 0 Å². The zero-order valence-electron chi connectivity index (χ0n) is 29.4. The molecule has 0 heterocycles. The number of rotatable bonds is 3. The van der Waals surface area contributed by atoms with E-state index in [1.54, 1.807) is 19.1 Å². The molecule has 1 aliphatic carbocycles. The molecule has 0 fully saturated rings. The fourth-order valence-electron chi connectivity index (χ4n) is 8.34. The second-order valence-corrected chi connectivity index (χ2v) is 14.0. The first-order chi connectivity index (χ1) is 24.0. The lowest BCUT2D eigenvalue weighted by Gasteiger charge is -2.27. The van der Waals surface area contributed by atoms with Gasteiger partial charge in [0, 0.05) is 21.9 Å². The normalized spacial score (nSPS) is 12.7. The lowest BCUT2D eigenvalue weighted by atomic mass is 9.76. The number of hydrogen-bond acceptors (Lipinski definition) is 3. The zero-order valence-corrected chi connectivity index (χ0v) is 29.4. The Hall–Kier alpha value is -5.48. The molecule has 0 spiro atoms. The van der Waals surface area contributed by atoms with Crippen LogP contribution in [0.15, 0.2) is 78.9 Å². The van der Waals surface area contributed by atoms with Gasteiger partial charge in [-0.3, -0.25) is 0 Å². The Morgan fingerprint density at radius 1 is 0.560 bits per heavy atom. The van der Waals surface area contributed by atoms with Crippen LogP contribution in [0.2, 0.25) is 0 Å². The topological polar surface area (TPSA) is 60.7 Å². The Morgan fingerprint density at radius 3 is 1.88 bits per heavy atom. The first-order valence-corrected chi connectivity index (χ1v) is 17.3. The van der Waals surface area contributed by atoms with Crippen molar-refractivity contribution in [3.63, 3.8) is 0 Å². The summed E-state index contributed by atoms with van der Waals surface area (Å²) >= 11 is 0. The Morgan fingerprint density at radius 2 is 1.18 bits per heavy atom. The maximum Gasteiger partial charge on any atom is 0.126 e. The van der Waals surface area contributed by atoms with Crippen LogP contribution >= 0.6 is 0 Å². The number of fused-ring (bicyclic) bond motifs is 4. The molecule has 2 radical (unpaired) electrons. The van der Waals surface area contributed by atoms with Gasteiger partial charge in [0.25, 0.3) is 0 Å². The maximum absolute atomic E-state index is 12.2. The molecule has 0 atom stereocenters. The van der Waals surface area contributed by atoms with Crippen molar-refractivity contribution in [2.24, 2.45) is 0 Å². The minimum absolute atomic E-state index is 0.0236. The van der Waals surface area contributed by atoms with Crippen LogP contribution < -0.4 is 5.46 Å². The van der Waals surface area contributed by atoms with E-state index in [2.05, 4.69) is 94.4 Å². The van der Waals surface area contributed by atoms with Gasteiger partial charge in [-0.2, -0.15) is 0 Å². The molecule has 3 N–H and O–H groups in total. The predicted octanol–water partition coefficient (Wildman–Crippen LogP) is 10.9. The summed E-state index contributed by atoms with van der Waals surface area (Å²) in [7, 11) is 6.62. The number of aromatic hydroxyl groups is 3. The summed E-state index contributed by atoms with van der Waals surface area (Å²) < 4.78 is 0. The summed E-state index contributed by atoms with van der Waals surface area (Å²) in [5, 5.41) is 40.2. The van der Waals surface area contributed by atoms with Gasteiger partial charge < -0.3 is 15.3 Å². The van der Waals surface area contributed by atoms with Gasteiger partial charge in [0.15, 0.2) is 0 Å². The minimum atomic E-state index is -0.0579. The van der Waals surface area contributed by atoms with Crippen LogP contribution in [0.3, 0.4) is 0 Å². The Balaban J connectivity index is 1.60. The SMILES string of the molecule is [B]c1c(C)c(O)c2c(-c3cc(O)ccc3C)c3c(C)c(C)c(C)c(C)c3c(-c3cccc4c(-c5ccc6c(c5)CCC=C6)cccc34)c2c1O. The molecule has 3 nitrogen and oxygen atoms in total. The van der Waals surface area contributed by atoms with E-state index in [0.717, 1.165) is 84.5 Å². The molecule has 0 amide bonds. The number of phenols is 3. The van der Waals surface area contributed by atoms with E-state index in [1.165, 1.54) is 22.3 Å². The highest BCUT2D eigenvalue weighted by molar-refractivity contribution is 6.40. The first kappa shape index (κ1) is 31.8. The van der Waals surface area contributed by atoms with Crippen molar-refractivity contribution >= 4 is 51.7 Å². The molecule has 8 rings (SSSR count). The predicted molar refractivity (Wildman–Crippen MR) is 211 cm³/mol. The van der Waals surface area contributed by atoms with Gasteiger partial charge in [-0.1, -0.05) is 72.8 Å². The van der Waals surface area contributed by atoms with Crippen LogP contribution in [0.1, 0.15) is 50.9 Å². The average molecular weight is 651 g/mol. The maximum atomic E-state index is 12.2. The molecular weight excluding hydrogens is 611 g/mol. The highest BCUT2D eigenvalue weighted by Crippen LogP contribution is 2.54. The summed E-state index contributed by atoms with van der Waals surface area (Å²) in [5.41, 5.74) is 14.3. The van der Waals surface area contributed by atoms with E-state index in [1.807, 2.05) is 13.0 Å². The minimum Gasteiger partial charge on any atom is -0.508 e. The molecule has 0 saturated heterocycles. The smallest absolute Gasteiger partial charge is 0.126 e. The van der Waals surface area contributed by atoms with Crippen molar-refractivity contribution in [1.29, 1.82) is 0 Å². The molecule has 0 aliphatic heterocycles. The molecule has 0 unspecified atom stereocenters. The largest absolute Gasteiger partial charge is 0.508 e. The van der Waals surface area contributed by atoms with Gasteiger partial charge in [-0.25, -0.2) is 0 Å². The number of aryl methyl sites for hydroxylation is 4. The summed E-state index contributed by atoms with van der Waals surface area (Å²) in [6.07, 6.45) is 6.53. The summed E-state index contributed by atoms with van der Waals surface area (Å²) in [6.45, 7) is 12.3. The van der Waals surface area contributed by atoms with Gasteiger partial charge in [0.05, 0.1) is 0 Å². The molecule has 4 heteroatoms. The molecule has 50 heavy (non-hydrogen) atoms. The molecule has 7 aromatic carbocycles. The van der Waals surface area contributed by atoms with Crippen molar-refractivity contribution < 1.29 is 15.3 Å². The second kappa shape index (κ2) is 11.6. The summed E-state index contributed by atoms with van der Waals surface area (Å²) in [6, 6.07) is 24.9. The molecule has 1 aliphatic rings. The zero-order chi connectivity index (χ0) is 35.2. The van der Waals surface area contributed by atoms with E-state index in [9.17, 15) is 15.3 Å². The summed E-state index contributed by atoms with van der Waals surface area (Å²) in [5.74, 6) is 0.0952. The number of benzene rings is 7. The average Bonchev–Trinajstić information content (AvgIpc) is 3.13. The third kappa shape index (κ3) is 4.51. The van der Waals surface area contributed by atoms with Crippen LogP contribution in [0.25, 0.3) is 71.8 Å². The Kier molecular flexibility index (Phi) is 7.34. The van der Waals surface area contributed by atoms with E-state index in [0.29, 0.717) is 16.3 Å². The first-order valence-electron chi connectivity index (χ1n) is 17.3. The van der Waals surface area contributed by atoms with Gasteiger partial charge in [0.1, 0.15) is 25.1 Å². The van der Waals surface area contributed by atoms with Gasteiger partial charge in [-0.05, 0) is 160 Å². The van der Waals surface area contributed by atoms with Crippen LogP contribution in [-0.4, -0.2) is 23.2 Å². The van der Waals surface area contributed by atoms with Crippen LogP contribution in [-0.2, 0) is 6.42 Å². The third-order valence-electron chi connectivity index (χ3n) is 11.4. The van der Waals surface area contributed by atoms with Gasteiger partial charge in [-0.15, -0.1) is 0 Å². The van der Waals surface area contributed by atoms with Gasteiger partial charge >= 0.3 is 0 Å². The highest BCUT2D eigenvalue weighted by atomic mass is 16.3. The van der Waals surface area contributed by atoms with Crippen molar-refractivity contribution in [2.75, 3.05) is 0 Å².